The molecule has 0 spiro atoms. The number of likely N-dealkylation sites (tertiary alicyclic amines) is 1. The van der Waals surface area contributed by atoms with Gasteiger partial charge in [-0.05, 0) is 48.9 Å². The summed E-state index contributed by atoms with van der Waals surface area (Å²) in [5, 5.41) is 4.05. The fraction of sp³-hybridized carbons (Fsp3) is 0.381. The molecule has 0 aromatic heterocycles. The Bertz CT molecular complexity index is 790. The van der Waals surface area contributed by atoms with Gasteiger partial charge in [0.25, 0.3) is 5.91 Å². The molecule has 0 aliphatic carbocycles. The second-order valence-electron chi connectivity index (χ2n) is 7.06. The maximum atomic E-state index is 12.9. The second-order valence-corrected chi connectivity index (χ2v) is 7.50. The third-order valence-electron chi connectivity index (χ3n) is 5.25. The molecule has 2 aromatic rings. The van der Waals surface area contributed by atoms with Gasteiger partial charge in [0, 0.05) is 55.9 Å². The van der Waals surface area contributed by atoms with Gasteiger partial charge in [0.15, 0.2) is 0 Å². The molecule has 1 N–H and O–H groups in total. The molecule has 2 aromatic carbocycles. The van der Waals surface area contributed by atoms with E-state index in [1.807, 2.05) is 41.3 Å². The van der Waals surface area contributed by atoms with Gasteiger partial charge in [-0.1, -0.05) is 17.7 Å². The highest BCUT2D eigenvalue weighted by atomic mass is 35.5. The number of ether oxygens (including phenoxy) is 1. The van der Waals surface area contributed by atoms with Gasteiger partial charge in [0.05, 0.1) is 0 Å². The van der Waals surface area contributed by atoms with E-state index >= 15 is 0 Å². The zero-order chi connectivity index (χ0) is 18.6. The molecule has 0 saturated carbocycles. The summed E-state index contributed by atoms with van der Waals surface area (Å²) in [4.78, 5) is 17.4. The van der Waals surface area contributed by atoms with Crippen molar-refractivity contribution in [1.82, 2.24) is 15.1 Å². The van der Waals surface area contributed by atoms with Crippen molar-refractivity contribution in [1.29, 1.82) is 0 Å². The van der Waals surface area contributed by atoms with Crippen LogP contribution in [-0.4, -0.2) is 61.0 Å². The first-order valence-electron chi connectivity index (χ1n) is 9.46. The Morgan fingerprint density at radius 3 is 2.59 bits per heavy atom. The van der Waals surface area contributed by atoms with Crippen molar-refractivity contribution in [3.05, 3.63) is 59.1 Å². The minimum Gasteiger partial charge on any atom is -0.457 e. The van der Waals surface area contributed by atoms with Gasteiger partial charge in [-0.15, -0.1) is 0 Å². The molecule has 2 fully saturated rings. The Kier molecular flexibility index (Phi) is 5.62. The summed E-state index contributed by atoms with van der Waals surface area (Å²) in [5.41, 5.74) is 0.669. The highest BCUT2D eigenvalue weighted by Crippen LogP contribution is 2.25. The molecule has 142 valence electrons. The first kappa shape index (κ1) is 18.3. The maximum absolute atomic E-state index is 12.9. The highest BCUT2D eigenvalue weighted by molar-refractivity contribution is 6.30. The van der Waals surface area contributed by atoms with Gasteiger partial charge in [-0.3, -0.25) is 9.69 Å². The van der Waals surface area contributed by atoms with Crippen molar-refractivity contribution < 1.29 is 9.53 Å². The first-order chi connectivity index (χ1) is 13.2. The smallest absolute Gasteiger partial charge is 0.254 e. The molecule has 6 heteroatoms. The normalized spacial score (nSPS) is 20.6. The Balaban J connectivity index is 1.41. The van der Waals surface area contributed by atoms with Crippen LogP contribution in [0.5, 0.6) is 11.5 Å². The lowest BCUT2D eigenvalue weighted by Crippen LogP contribution is -2.49. The maximum Gasteiger partial charge on any atom is 0.254 e. The predicted octanol–water partition coefficient (Wildman–Crippen LogP) is 3.25. The van der Waals surface area contributed by atoms with E-state index in [1.54, 1.807) is 12.1 Å². The van der Waals surface area contributed by atoms with Gasteiger partial charge < -0.3 is 15.0 Å². The fourth-order valence-corrected chi connectivity index (χ4v) is 3.91. The van der Waals surface area contributed by atoms with Crippen LogP contribution in [0.4, 0.5) is 0 Å². The van der Waals surface area contributed by atoms with Crippen molar-refractivity contribution in [3.8, 4) is 11.5 Å². The summed E-state index contributed by atoms with van der Waals surface area (Å²) in [6, 6.07) is 15.1. The Hall–Kier alpha value is -2.08. The van der Waals surface area contributed by atoms with Gasteiger partial charge in [0.2, 0.25) is 0 Å². The molecule has 2 saturated heterocycles. The van der Waals surface area contributed by atoms with E-state index in [0.717, 1.165) is 45.7 Å². The quantitative estimate of drug-likeness (QED) is 0.877. The molecule has 2 aliphatic rings. The van der Waals surface area contributed by atoms with Gasteiger partial charge >= 0.3 is 0 Å². The largest absolute Gasteiger partial charge is 0.457 e. The molecule has 0 radical (unpaired) electrons. The van der Waals surface area contributed by atoms with Crippen molar-refractivity contribution in [2.45, 2.75) is 12.5 Å². The number of hydrogen-bond acceptors (Lipinski definition) is 4. The molecule has 0 bridgehead atoms. The van der Waals surface area contributed by atoms with Crippen LogP contribution in [0.2, 0.25) is 5.02 Å². The number of nitrogens with one attached hydrogen (secondary N) is 1. The molecule has 27 heavy (non-hydrogen) atoms. The predicted molar refractivity (Wildman–Crippen MR) is 107 cm³/mol. The zero-order valence-electron chi connectivity index (χ0n) is 15.2. The molecule has 1 unspecified atom stereocenters. The third-order valence-corrected chi connectivity index (χ3v) is 5.50. The number of benzene rings is 2. The van der Waals surface area contributed by atoms with Crippen molar-refractivity contribution in [3.63, 3.8) is 0 Å². The van der Waals surface area contributed by atoms with Crippen LogP contribution < -0.4 is 10.1 Å². The standard InChI is InChI=1S/C21H24ClN3O2/c22-17-4-6-19(7-5-17)27-20-3-1-2-16(14-20)21(26)25-11-8-18(15-25)24-12-9-23-10-13-24/h1-7,14,18,23H,8-13,15H2. The van der Waals surface area contributed by atoms with E-state index in [9.17, 15) is 4.79 Å². The summed E-state index contributed by atoms with van der Waals surface area (Å²) in [6.45, 7) is 5.83. The molecule has 1 atom stereocenters. The first-order valence-corrected chi connectivity index (χ1v) is 9.84. The summed E-state index contributed by atoms with van der Waals surface area (Å²) in [5.74, 6) is 1.43. The van der Waals surface area contributed by atoms with Crippen LogP contribution in [0.3, 0.4) is 0 Å². The topological polar surface area (TPSA) is 44.8 Å². The SMILES string of the molecule is O=C(c1cccc(Oc2ccc(Cl)cc2)c1)N1CCC(N2CCNCC2)C1. The van der Waals surface area contributed by atoms with Crippen LogP contribution in [0.25, 0.3) is 0 Å². The Morgan fingerprint density at radius 1 is 1.04 bits per heavy atom. The number of hydrogen-bond donors (Lipinski definition) is 1. The third kappa shape index (κ3) is 4.43. The monoisotopic (exact) mass is 385 g/mol. The zero-order valence-corrected chi connectivity index (χ0v) is 16.0. The van der Waals surface area contributed by atoms with Gasteiger partial charge in [-0.25, -0.2) is 0 Å². The number of halogens is 1. The van der Waals surface area contributed by atoms with Crippen LogP contribution in [-0.2, 0) is 0 Å². The van der Waals surface area contributed by atoms with E-state index in [2.05, 4.69) is 10.2 Å². The molecule has 1 amide bonds. The number of carbonyl (C=O) groups excluding carboxylic acids is 1. The number of rotatable bonds is 4. The van der Waals surface area contributed by atoms with E-state index in [-0.39, 0.29) is 5.91 Å². The Labute approximate surface area is 164 Å². The van der Waals surface area contributed by atoms with Crippen molar-refractivity contribution in [2.75, 3.05) is 39.3 Å². The molecule has 5 nitrogen and oxygen atoms in total. The fourth-order valence-electron chi connectivity index (χ4n) is 3.79. The number of nitrogens with zero attached hydrogens (tertiary/aromatic N) is 2. The molecular formula is C21H24ClN3O2. The second kappa shape index (κ2) is 8.30. The summed E-state index contributed by atoms with van der Waals surface area (Å²) < 4.78 is 5.86. The van der Waals surface area contributed by atoms with Crippen molar-refractivity contribution in [2.24, 2.45) is 0 Å². The summed E-state index contributed by atoms with van der Waals surface area (Å²) >= 11 is 5.91. The molecular weight excluding hydrogens is 362 g/mol. The minimum absolute atomic E-state index is 0.0780. The number of piperazine rings is 1. The summed E-state index contributed by atoms with van der Waals surface area (Å²) in [7, 11) is 0. The average Bonchev–Trinajstić information content (AvgIpc) is 3.20. The van der Waals surface area contributed by atoms with Crippen LogP contribution in [0.15, 0.2) is 48.5 Å². The minimum atomic E-state index is 0.0780. The van der Waals surface area contributed by atoms with Gasteiger partial charge in [0.1, 0.15) is 11.5 Å². The van der Waals surface area contributed by atoms with Crippen LogP contribution >= 0.6 is 11.6 Å². The van der Waals surface area contributed by atoms with Crippen LogP contribution in [0.1, 0.15) is 16.8 Å². The van der Waals surface area contributed by atoms with E-state index in [0.29, 0.717) is 28.1 Å². The lowest BCUT2D eigenvalue weighted by atomic mass is 10.2. The Morgan fingerprint density at radius 2 is 1.81 bits per heavy atom. The van der Waals surface area contributed by atoms with E-state index in [4.69, 9.17) is 16.3 Å². The van der Waals surface area contributed by atoms with Crippen LogP contribution in [0, 0.1) is 0 Å². The average molecular weight is 386 g/mol. The van der Waals surface area contributed by atoms with E-state index in [1.165, 1.54) is 0 Å². The number of carbonyl (C=O) groups is 1. The van der Waals surface area contributed by atoms with Gasteiger partial charge in [-0.2, -0.15) is 0 Å². The lowest BCUT2D eigenvalue weighted by molar-refractivity contribution is 0.0773. The summed E-state index contributed by atoms with van der Waals surface area (Å²) in [6.07, 6.45) is 1.05. The molecule has 4 rings (SSSR count). The number of amides is 1. The molecule has 2 aliphatic heterocycles. The lowest BCUT2D eigenvalue weighted by Gasteiger charge is -2.32. The van der Waals surface area contributed by atoms with E-state index < -0.39 is 0 Å². The van der Waals surface area contributed by atoms with Crippen molar-refractivity contribution >= 4 is 17.5 Å². The highest BCUT2D eigenvalue weighted by Gasteiger charge is 2.31. The molecule has 2 heterocycles.